The molecule has 124 valence electrons. The third kappa shape index (κ3) is 3.32. The molecule has 0 spiro atoms. The molecule has 1 aromatic heterocycles. The molecule has 0 amide bonds. The molecule has 1 heterocycles. The van der Waals surface area contributed by atoms with Crippen molar-refractivity contribution in [3.8, 4) is 5.75 Å². The zero-order valence-electron chi connectivity index (χ0n) is 14.2. The molecule has 0 aliphatic rings. The van der Waals surface area contributed by atoms with Crippen LogP contribution in [0.4, 0.5) is 0 Å². The van der Waals surface area contributed by atoms with Crippen molar-refractivity contribution in [2.45, 2.75) is 39.7 Å². The number of hydrogen-bond donors (Lipinski definition) is 0. The second kappa shape index (κ2) is 6.87. The van der Waals surface area contributed by atoms with Crippen molar-refractivity contribution in [1.29, 1.82) is 0 Å². The first-order chi connectivity index (χ1) is 11.6. The van der Waals surface area contributed by atoms with Gasteiger partial charge in [-0.05, 0) is 43.0 Å². The van der Waals surface area contributed by atoms with Crippen LogP contribution < -0.4 is 10.4 Å². The van der Waals surface area contributed by atoms with Gasteiger partial charge in [0.2, 0.25) is 5.89 Å². The summed E-state index contributed by atoms with van der Waals surface area (Å²) in [5, 5.41) is 0.499. The van der Waals surface area contributed by atoms with Crippen molar-refractivity contribution < 1.29 is 9.15 Å². The highest BCUT2D eigenvalue weighted by atomic mass is 16.5. The van der Waals surface area contributed by atoms with Crippen LogP contribution in [0.3, 0.4) is 0 Å². The molecule has 2 aromatic carbocycles. The van der Waals surface area contributed by atoms with Crippen molar-refractivity contribution in [2.75, 3.05) is 0 Å². The molecule has 0 aliphatic carbocycles. The van der Waals surface area contributed by atoms with Gasteiger partial charge in [0.1, 0.15) is 5.75 Å². The van der Waals surface area contributed by atoms with Crippen LogP contribution in [-0.4, -0.2) is 4.98 Å². The van der Waals surface area contributed by atoms with E-state index in [-0.39, 0.29) is 18.1 Å². The van der Waals surface area contributed by atoms with E-state index in [1.807, 2.05) is 37.3 Å². The summed E-state index contributed by atoms with van der Waals surface area (Å²) in [6.45, 7) is 6.38. The maximum Gasteiger partial charge on any atom is 0.346 e. The van der Waals surface area contributed by atoms with Crippen LogP contribution in [0.25, 0.3) is 10.9 Å². The molecular formula is C20H21NO3. The molecule has 0 saturated carbocycles. The van der Waals surface area contributed by atoms with Gasteiger partial charge in [0.05, 0.1) is 10.9 Å². The lowest BCUT2D eigenvalue weighted by Crippen LogP contribution is -2.08. The van der Waals surface area contributed by atoms with Gasteiger partial charge in [-0.15, -0.1) is 0 Å². The molecule has 4 heteroatoms. The fraction of sp³-hybridized carbons (Fsp3) is 0.300. The molecule has 3 aromatic rings. The second-order valence-corrected chi connectivity index (χ2v) is 6.05. The molecule has 0 aliphatic heterocycles. The predicted octanol–water partition coefficient (Wildman–Crippen LogP) is 4.59. The first-order valence-electron chi connectivity index (χ1n) is 8.20. The van der Waals surface area contributed by atoms with Crippen LogP contribution in [0, 0.1) is 6.92 Å². The number of fused-ring (bicyclic) bond motifs is 1. The Morgan fingerprint density at radius 3 is 2.79 bits per heavy atom. The number of benzene rings is 2. The van der Waals surface area contributed by atoms with Crippen LogP contribution in [0.1, 0.15) is 43.2 Å². The molecule has 1 atom stereocenters. The molecule has 1 unspecified atom stereocenters. The standard InChI is InChI=1S/C20H21NO3/c1-4-14(3)15-7-5-6-8-18(15)23-12-19-21-17-10-9-13(2)11-16(17)20(22)24-19/h5-11,14H,4,12H2,1-3H3. The van der Waals surface area contributed by atoms with Crippen LogP contribution >= 0.6 is 0 Å². The Morgan fingerprint density at radius 1 is 1.21 bits per heavy atom. The lowest BCUT2D eigenvalue weighted by Gasteiger charge is -2.15. The van der Waals surface area contributed by atoms with E-state index >= 15 is 0 Å². The summed E-state index contributed by atoms with van der Waals surface area (Å²) in [6, 6.07) is 13.5. The molecule has 0 saturated heterocycles. The summed E-state index contributed by atoms with van der Waals surface area (Å²) in [5.74, 6) is 1.50. The normalized spacial score (nSPS) is 12.3. The lowest BCUT2D eigenvalue weighted by molar-refractivity contribution is 0.250. The van der Waals surface area contributed by atoms with E-state index in [1.54, 1.807) is 6.07 Å². The zero-order valence-corrected chi connectivity index (χ0v) is 14.2. The zero-order chi connectivity index (χ0) is 17.1. The van der Waals surface area contributed by atoms with Gasteiger partial charge in [0.15, 0.2) is 6.61 Å². The fourth-order valence-corrected chi connectivity index (χ4v) is 2.67. The van der Waals surface area contributed by atoms with Gasteiger partial charge >= 0.3 is 5.63 Å². The van der Waals surface area contributed by atoms with Crippen LogP contribution in [-0.2, 0) is 6.61 Å². The van der Waals surface area contributed by atoms with Gasteiger partial charge in [-0.2, -0.15) is 0 Å². The maximum absolute atomic E-state index is 12.1. The fourth-order valence-electron chi connectivity index (χ4n) is 2.67. The number of rotatable bonds is 5. The van der Waals surface area contributed by atoms with E-state index in [4.69, 9.17) is 9.15 Å². The SMILES string of the molecule is CCC(C)c1ccccc1OCc1nc2ccc(C)cc2c(=O)o1. The topological polar surface area (TPSA) is 52.3 Å². The Morgan fingerprint density at radius 2 is 2.00 bits per heavy atom. The average Bonchev–Trinajstić information content (AvgIpc) is 2.60. The predicted molar refractivity (Wildman–Crippen MR) is 94.5 cm³/mol. The van der Waals surface area contributed by atoms with Crippen molar-refractivity contribution in [3.63, 3.8) is 0 Å². The first kappa shape index (κ1) is 16.2. The Bertz CT molecular complexity index is 914. The third-order valence-electron chi connectivity index (χ3n) is 4.24. The molecule has 24 heavy (non-hydrogen) atoms. The number of ether oxygens (including phenoxy) is 1. The lowest BCUT2D eigenvalue weighted by atomic mass is 9.98. The number of nitrogens with zero attached hydrogens (tertiary/aromatic N) is 1. The van der Waals surface area contributed by atoms with Gasteiger partial charge in [-0.1, -0.05) is 43.7 Å². The van der Waals surface area contributed by atoms with Crippen LogP contribution in [0.15, 0.2) is 51.7 Å². The first-order valence-corrected chi connectivity index (χ1v) is 8.20. The summed E-state index contributed by atoms with van der Waals surface area (Å²) in [6.07, 6.45) is 1.03. The maximum atomic E-state index is 12.1. The van der Waals surface area contributed by atoms with E-state index < -0.39 is 0 Å². The van der Waals surface area contributed by atoms with Crippen LogP contribution in [0.5, 0.6) is 5.75 Å². The summed E-state index contributed by atoms with van der Waals surface area (Å²) in [4.78, 5) is 16.5. The van der Waals surface area contributed by atoms with Gasteiger partial charge in [0.25, 0.3) is 0 Å². The molecule has 0 fully saturated rings. The van der Waals surface area contributed by atoms with Crippen LogP contribution in [0.2, 0.25) is 0 Å². The highest BCUT2D eigenvalue weighted by Gasteiger charge is 2.12. The van der Waals surface area contributed by atoms with Gasteiger partial charge in [0, 0.05) is 0 Å². The minimum atomic E-state index is -0.377. The van der Waals surface area contributed by atoms with Crippen molar-refractivity contribution in [1.82, 2.24) is 4.98 Å². The Kier molecular flexibility index (Phi) is 4.65. The third-order valence-corrected chi connectivity index (χ3v) is 4.24. The molecule has 0 radical (unpaired) electrons. The van der Waals surface area contributed by atoms with E-state index in [1.165, 1.54) is 0 Å². The minimum absolute atomic E-state index is 0.131. The summed E-state index contributed by atoms with van der Waals surface area (Å²) >= 11 is 0. The smallest absolute Gasteiger partial charge is 0.346 e. The Hall–Kier alpha value is -2.62. The summed E-state index contributed by atoms with van der Waals surface area (Å²) < 4.78 is 11.2. The van der Waals surface area contributed by atoms with Gasteiger partial charge < -0.3 is 9.15 Å². The van der Waals surface area contributed by atoms with Crippen molar-refractivity contribution in [3.05, 3.63) is 69.9 Å². The largest absolute Gasteiger partial charge is 0.484 e. The molecular weight excluding hydrogens is 302 g/mol. The second-order valence-electron chi connectivity index (χ2n) is 6.05. The molecule has 3 rings (SSSR count). The Labute approximate surface area is 141 Å². The molecule has 0 N–H and O–H groups in total. The highest BCUT2D eigenvalue weighted by Crippen LogP contribution is 2.28. The summed E-state index contributed by atoms with van der Waals surface area (Å²) in [7, 11) is 0. The Balaban J connectivity index is 1.87. The van der Waals surface area contributed by atoms with E-state index in [2.05, 4.69) is 24.9 Å². The van der Waals surface area contributed by atoms with Crippen molar-refractivity contribution >= 4 is 10.9 Å². The molecule has 4 nitrogen and oxygen atoms in total. The monoisotopic (exact) mass is 323 g/mol. The van der Waals surface area contributed by atoms with Gasteiger partial charge in [-0.25, -0.2) is 9.78 Å². The number of aryl methyl sites for hydroxylation is 1. The van der Waals surface area contributed by atoms with E-state index in [9.17, 15) is 4.79 Å². The highest BCUT2D eigenvalue weighted by molar-refractivity contribution is 5.77. The summed E-state index contributed by atoms with van der Waals surface area (Å²) in [5.41, 5.74) is 2.41. The molecule has 0 bridgehead atoms. The quantitative estimate of drug-likeness (QED) is 0.689. The van der Waals surface area contributed by atoms with E-state index in [0.29, 0.717) is 16.8 Å². The van der Waals surface area contributed by atoms with Gasteiger partial charge in [-0.3, -0.25) is 0 Å². The number of hydrogen-bond acceptors (Lipinski definition) is 4. The number of aromatic nitrogens is 1. The number of para-hydroxylation sites is 1. The average molecular weight is 323 g/mol. The van der Waals surface area contributed by atoms with E-state index in [0.717, 1.165) is 23.3 Å². The minimum Gasteiger partial charge on any atom is -0.484 e. The van der Waals surface area contributed by atoms with Crippen molar-refractivity contribution in [2.24, 2.45) is 0 Å².